The smallest absolute Gasteiger partial charge is 0.116 e. The second kappa shape index (κ2) is 5.62. The van der Waals surface area contributed by atoms with Crippen LogP contribution >= 0.6 is 0 Å². The molecule has 4 aromatic rings. The van der Waals surface area contributed by atoms with Crippen LogP contribution in [-0.2, 0) is 0 Å². The van der Waals surface area contributed by atoms with E-state index in [9.17, 15) is 5.11 Å². The van der Waals surface area contributed by atoms with E-state index in [2.05, 4.69) is 66.7 Å². The molecule has 0 saturated carbocycles. The quantitative estimate of drug-likeness (QED) is 0.459. The average molecular weight is 296 g/mol. The zero-order chi connectivity index (χ0) is 15.6. The maximum atomic E-state index is 9.52. The van der Waals surface area contributed by atoms with Crippen molar-refractivity contribution in [1.29, 1.82) is 0 Å². The predicted octanol–water partition coefficient (Wildman–Crippen LogP) is 5.87. The first-order chi connectivity index (χ1) is 11.3. The highest BCUT2D eigenvalue weighted by molar-refractivity contribution is 5.88. The van der Waals surface area contributed by atoms with Gasteiger partial charge in [0.2, 0.25) is 0 Å². The Balaban J connectivity index is 1.67. The van der Waals surface area contributed by atoms with Crippen molar-refractivity contribution in [3.8, 4) is 5.75 Å². The summed E-state index contributed by atoms with van der Waals surface area (Å²) in [5.41, 5.74) is 2.34. The molecule has 0 fully saturated rings. The summed E-state index contributed by atoms with van der Waals surface area (Å²) in [4.78, 5) is 0. The highest BCUT2D eigenvalue weighted by atomic mass is 16.3. The molecule has 0 bridgehead atoms. The summed E-state index contributed by atoms with van der Waals surface area (Å²) >= 11 is 0. The number of hydrogen-bond donors (Lipinski definition) is 1. The van der Waals surface area contributed by atoms with E-state index < -0.39 is 0 Å². The van der Waals surface area contributed by atoms with E-state index in [0.29, 0.717) is 5.75 Å². The molecule has 4 aromatic carbocycles. The monoisotopic (exact) mass is 296 g/mol. The average Bonchev–Trinajstić information content (AvgIpc) is 2.59. The molecule has 0 aliphatic heterocycles. The zero-order valence-corrected chi connectivity index (χ0v) is 12.6. The molecule has 0 heterocycles. The van der Waals surface area contributed by atoms with Gasteiger partial charge in [-0.05, 0) is 56.9 Å². The molecule has 1 N–H and O–H groups in total. The van der Waals surface area contributed by atoms with Crippen molar-refractivity contribution in [3.05, 3.63) is 90.0 Å². The van der Waals surface area contributed by atoms with Gasteiger partial charge in [-0.15, -0.1) is 0 Å². The van der Waals surface area contributed by atoms with Crippen LogP contribution in [0.1, 0.15) is 11.1 Å². The highest BCUT2D eigenvalue weighted by Gasteiger charge is 1.97. The molecule has 0 spiro atoms. The van der Waals surface area contributed by atoms with Crippen molar-refractivity contribution in [3.63, 3.8) is 0 Å². The Kier molecular flexibility index (Phi) is 3.32. The van der Waals surface area contributed by atoms with Gasteiger partial charge in [-0.3, -0.25) is 0 Å². The van der Waals surface area contributed by atoms with Crippen molar-refractivity contribution in [2.24, 2.45) is 0 Å². The Morgan fingerprint density at radius 1 is 0.522 bits per heavy atom. The first-order valence-corrected chi connectivity index (χ1v) is 7.68. The Labute approximate surface area is 135 Å². The second-order valence-electron chi connectivity index (χ2n) is 5.73. The SMILES string of the molecule is Oc1ccc2cc(/C=C\c3ccc4ccccc4c3)ccc2c1. The molecule has 0 atom stereocenters. The van der Waals surface area contributed by atoms with E-state index in [-0.39, 0.29) is 0 Å². The summed E-state index contributed by atoms with van der Waals surface area (Å²) in [6.45, 7) is 0. The van der Waals surface area contributed by atoms with Crippen LogP contribution in [0.2, 0.25) is 0 Å². The number of benzene rings is 4. The van der Waals surface area contributed by atoms with Crippen LogP contribution in [-0.4, -0.2) is 5.11 Å². The fraction of sp³-hybridized carbons (Fsp3) is 0. The number of phenols is 1. The van der Waals surface area contributed by atoms with E-state index in [0.717, 1.165) is 16.3 Å². The molecular weight excluding hydrogens is 280 g/mol. The molecule has 0 aromatic heterocycles. The molecule has 0 saturated heterocycles. The first-order valence-electron chi connectivity index (χ1n) is 7.68. The number of fused-ring (bicyclic) bond motifs is 2. The second-order valence-corrected chi connectivity index (χ2v) is 5.73. The van der Waals surface area contributed by atoms with Crippen LogP contribution in [0.25, 0.3) is 33.7 Å². The third kappa shape index (κ3) is 2.82. The first kappa shape index (κ1) is 13.6. The van der Waals surface area contributed by atoms with Crippen LogP contribution in [0.15, 0.2) is 78.9 Å². The number of hydrogen-bond acceptors (Lipinski definition) is 1. The maximum absolute atomic E-state index is 9.52. The lowest BCUT2D eigenvalue weighted by Gasteiger charge is -2.02. The predicted molar refractivity (Wildman–Crippen MR) is 98.5 cm³/mol. The van der Waals surface area contributed by atoms with Gasteiger partial charge >= 0.3 is 0 Å². The summed E-state index contributed by atoms with van der Waals surface area (Å²) in [5, 5.41) is 14.2. The van der Waals surface area contributed by atoms with E-state index in [1.807, 2.05) is 12.1 Å². The third-order valence-corrected chi connectivity index (χ3v) is 4.09. The van der Waals surface area contributed by atoms with Crippen LogP contribution in [0, 0.1) is 0 Å². The lowest BCUT2D eigenvalue weighted by atomic mass is 10.0. The molecular formula is C22H16O. The van der Waals surface area contributed by atoms with Gasteiger partial charge in [0.1, 0.15) is 5.75 Å². The minimum Gasteiger partial charge on any atom is -0.508 e. The number of phenolic OH excluding ortho intramolecular Hbond substituents is 1. The van der Waals surface area contributed by atoms with Gasteiger partial charge in [0.05, 0.1) is 0 Å². The lowest BCUT2D eigenvalue weighted by molar-refractivity contribution is 0.476. The Morgan fingerprint density at radius 2 is 1.04 bits per heavy atom. The molecule has 0 unspecified atom stereocenters. The van der Waals surface area contributed by atoms with Crippen LogP contribution in [0.4, 0.5) is 0 Å². The Morgan fingerprint density at radius 3 is 1.78 bits per heavy atom. The standard InChI is InChI=1S/C22H16O/c23-22-12-11-20-14-17(8-10-21(20)15-22)6-5-16-7-9-18-3-1-2-4-19(18)13-16/h1-15,23H/b6-5-. The lowest BCUT2D eigenvalue weighted by Crippen LogP contribution is -1.77. The molecule has 23 heavy (non-hydrogen) atoms. The largest absolute Gasteiger partial charge is 0.508 e. The minimum atomic E-state index is 0.303. The van der Waals surface area contributed by atoms with E-state index in [1.165, 1.54) is 16.3 Å². The normalized spacial score (nSPS) is 11.5. The van der Waals surface area contributed by atoms with Crippen molar-refractivity contribution in [1.82, 2.24) is 0 Å². The minimum absolute atomic E-state index is 0.303. The fourth-order valence-corrected chi connectivity index (χ4v) is 2.86. The van der Waals surface area contributed by atoms with Crippen LogP contribution in [0.5, 0.6) is 5.75 Å². The number of rotatable bonds is 2. The summed E-state index contributed by atoms with van der Waals surface area (Å²) in [6.07, 6.45) is 4.25. The molecule has 0 amide bonds. The van der Waals surface area contributed by atoms with Crippen molar-refractivity contribution >= 4 is 33.7 Å². The zero-order valence-electron chi connectivity index (χ0n) is 12.6. The highest BCUT2D eigenvalue weighted by Crippen LogP contribution is 2.22. The van der Waals surface area contributed by atoms with Gasteiger partial charge in [-0.25, -0.2) is 0 Å². The van der Waals surface area contributed by atoms with Gasteiger partial charge in [-0.1, -0.05) is 66.7 Å². The molecule has 0 aliphatic carbocycles. The van der Waals surface area contributed by atoms with E-state index in [1.54, 1.807) is 12.1 Å². The Hall–Kier alpha value is -3.06. The molecule has 1 heteroatoms. The van der Waals surface area contributed by atoms with Crippen molar-refractivity contribution < 1.29 is 5.11 Å². The van der Waals surface area contributed by atoms with E-state index in [4.69, 9.17) is 0 Å². The van der Waals surface area contributed by atoms with Gasteiger partial charge in [0, 0.05) is 0 Å². The number of aromatic hydroxyl groups is 1. The van der Waals surface area contributed by atoms with Crippen LogP contribution < -0.4 is 0 Å². The molecule has 1 nitrogen and oxygen atoms in total. The summed E-state index contributed by atoms with van der Waals surface area (Å²) in [7, 11) is 0. The van der Waals surface area contributed by atoms with Crippen molar-refractivity contribution in [2.45, 2.75) is 0 Å². The maximum Gasteiger partial charge on any atom is 0.116 e. The fourth-order valence-electron chi connectivity index (χ4n) is 2.86. The van der Waals surface area contributed by atoms with Crippen LogP contribution in [0.3, 0.4) is 0 Å². The molecule has 4 rings (SSSR count). The molecule has 110 valence electrons. The summed E-state index contributed by atoms with van der Waals surface area (Å²) in [6, 6.07) is 26.6. The van der Waals surface area contributed by atoms with Gasteiger partial charge in [0.25, 0.3) is 0 Å². The topological polar surface area (TPSA) is 20.2 Å². The summed E-state index contributed by atoms with van der Waals surface area (Å²) in [5.74, 6) is 0.303. The molecule has 0 aliphatic rings. The Bertz CT molecular complexity index is 1030. The van der Waals surface area contributed by atoms with Gasteiger partial charge < -0.3 is 5.11 Å². The van der Waals surface area contributed by atoms with Gasteiger partial charge in [0.15, 0.2) is 0 Å². The van der Waals surface area contributed by atoms with Gasteiger partial charge in [-0.2, -0.15) is 0 Å². The van der Waals surface area contributed by atoms with E-state index >= 15 is 0 Å². The third-order valence-electron chi connectivity index (χ3n) is 4.09. The van der Waals surface area contributed by atoms with Crippen molar-refractivity contribution in [2.75, 3.05) is 0 Å². The summed E-state index contributed by atoms with van der Waals surface area (Å²) < 4.78 is 0. The molecule has 0 radical (unpaired) electrons.